The average Bonchev–Trinajstić information content (AvgIpc) is 2.59. The van der Waals surface area contributed by atoms with Gasteiger partial charge in [0.15, 0.2) is 17.3 Å². The van der Waals surface area contributed by atoms with Gasteiger partial charge in [0, 0.05) is 12.6 Å². The van der Waals surface area contributed by atoms with Crippen LogP contribution in [0.5, 0.6) is 0 Å². The zero-order valence-electron chi connectivity index (χ0n) is 7.72. The van der Waals surface area contributed by atoms with Crippen LogP contribution in [0.3, 0.4) is 0 Å². The van der Waals surface area contributed by atoms with E-state index >= 15 is 0 Å². The van der Waals surface area contributed by atoms with Crippen LogP contribution in [0.4, 0.5) is 4.39 Å². The van der Waals surface area contributed by atoms with E-state index < -0.39 is 11.8 Å². The summed E-state index contributed by atoms with van der Waals surface area (Å²) in [6, 6.07) is 2.79. The summed E-state index contributed by atoms with van der Waals surface area (Å²) in [5, 5.41) is 12.4. The van der Waals surface area contributed by atoms with Crippen molar-refractivity contribution in [1.29, 1.82) is 0 Å². The van der Waals surface area contributed by atoms with E-state index in [0.29, 0.717) is 5.82 Å². The second-order valence-corrected chi connectivity index (χ2v) is 3.05. The lowest BCUT2D eigenvalue weighted by Gasteiger charge is -1.89. The van der Waals surface area contributed by atoms with Crippen molar-refractivity contribution in [3.8, 4) is 0 Å². The lowest BCUT2D eigenvalue weighted by atomic mass is 10.3. The largest absolute Gasteiger partial charge is 0.481 e. The first-order valence-corrected chi connectivity index (χ1v) is 4.38. The molecule has 0 spiro atoms. The molecule has 78 valence electrons. The molecule has 2 aromatic rings. The topological polar surface area (TPSA) is 67.5 Å². The third-order valence-corrected chi connectivity index (χ3v) is 1.92. The fourth-order valence-corrected chi connectivity index (χ4v) is 1.24. The molecule has 6 heteroatoms. The molecule has 0 bridgehead atoms. The Morgan fingerprint density at radius 1 is 1.60 bits per heavy atom. The fourth-order valence-electron chi connectivity index (χ4n) is 1.24. The van der Waals surface area contributed by atoms with E-state index in [1.807, 2.05) is 0 Å². The van der Waals surface area contributed by atoms with Crippen LogP contribution in [0.25, 0.3) is 5.65 Å². The van der Waals surface area contributed by atoms with Gasteiger partial charge < -0.3 is 5.11 Å². The van der Waals surface area contributed by atoms with Gasteiger partial charge in [0.05, 0.1) is 6.42 Å². The number of carboxylic acid groups (broad SMARTS) is 1. The van der Waals surface area contributed by atoms with Gasteiger partial charge in [-0.2, -0.15) is 5.10 Å². The maximum Gasteiger partial charge on any atom is 0.303 e. The zero-order valence-corrected chi connectivity index (χ0v) is 7.72. The summed E-state index contributed by atoms with van der Waals surface area (Å²) in [7, 11) is 0. The molecule has 5 nitrogen and oxygen atoms in total. The Morgan fingerprint density at radius 2 is 2.40 bits per heavy atom. The summed E-state index contributed by atoms with van der Waals surface area (Å²) in [5.74, 6) is -1.05. The fraction of sp³-hybridized carbons (Fsp3) is 0.222. The first-order chi connectivity index (χ1) is 7.16. The highest BCUT2D eigenvalue weighted by Gasteiger charge is 2.08. The number of hydrogen-bond acceptors (Lipinski definition) is 3. The number of nitrogens with zero attached hydrogens (tertiary/aromatic N) is 3. The molecule has 0 fully saturated rings. The number of pyridine rings is 1. The van der Waals surface area contributed by atoms with E-state index in [0.717, 1.165) is 0 Å². The van der Waals surface area contributed by atoms with E-state index in [1.165, 1.54) is 16.6 Å². The van der Waals surface area contributed by atoms with Crippen LogP contribution in [0.2, 0.25) is 0 Å². The minimum Gasteiger partial charge on any atom is -0.481 e. The summed E-state index contributed by atoms with van der Waals surface area (Å²) in [5.41, 5.74) is 0.123. The van der Waals surface area contributed by atoms with Crippen LogP contribution >= 0.6 is 0 Å². The number of aromatic nitrogens is 3. The highest BCUT2D eigenvalue weighted by Crippen LogP contribution is 2.07. The smallest absolute Gasteiger partial charge is 0.303 e. The summed E-state index contributed by atoms with van der Waals surface area (Å²) in [6.07, 6.45) is 1.71. The van der Waals surface area contributed by atoms with Crippen LogP contribution in [0.15, 0.2) is 18.3 Å². The summed E-state index contributed by atoms with van der Waals surface area (Å²) in [6.45, 7) is 0. The van der Waals surface area contributed by atoms with Gasteiger partial charge in [-0.15, -0.1) is 0 Å². The van der Waals surface area contributed by atoms with Gasteiger partial charge in [-0.25, -0.2) is 13.9 Å². The Bertz CT molecular complexity index is 509. The molecule has 2 aromatic heterocycles. The number of rotatable bonds is 3. The van der Waals surface area contributed by atoms with E-state index in [1.54, 1.807) is 6.20 Å². The lowest BCUT2D eigenvalue weighted by Crippen LogP contribution is -1.99. The molecule has 0 amide bonds. The van der Waals surface area contributed by atoms with Crippen molar-refractivity contribution in [2.45, 2.75) is 12.8 Å². The second kappa shape index (κ2) is 3.64. The van der Waals surface area contributed by atoms with Gasteiger partial charge in [0.2, 0.25) is 0 Å². The summed E-state index contributed by atoms with van der Waals surface area (Å²) >= 11 is 0. The molecule has 0 saturated carbocycles. The van der Waals surface area contributed by atoms with Crippen LogP contribution in [0, 0.1) is 5.82 Å². The molecular weight excluding hydrogens is 201 g/mol. The highest BCUT2D eigenvalue weighted by molar-refractivity contribution is 5.66. The SMILES string of the molecule is O=C(O)CCc1nc2c(F)cccn2n1. The van der Waals surface area contributed by atoms with Crippen LogP contribution < -0.4 is 0 Å². The number of carbonyl (C=O) groups is 1. The summed E-state index contributed by atoms with van der Waals surface area (Å²) in [4.78, 5) is 14.2. The van der Waals surface area contributed by atoms with Gasteiger partial charge in [-0.05, 0) is 12.1 Å². The Kier molecular flexibility index (Phi) is 2.32. The van der Waals surface area contributed by atoms with Crippen LogP contribution in [-0.4, -0.2) is 25.7 Å². The van der Waals surface area contributed by atoms with Gasteiger partial charge in [-0.3, -0.25) is 4.79 Å². The van der Waals surface area contributed by atoms with Crippen molar-refractivity contribution < 1.29 is 14.3 Å². The normalized spacial score (nSPS) is 10.7. The summed E-state index contributed by atoms with van der Waals surface area (Å²) < 4.78 is 14.5. The molecule has 2 rings (SSSR count). The molecule has 0 unspecified atom stereocenters. The number of halogens is 1. The molecule has 0 aromatic carbocycles. The molecule has 0 aliphatic carbocycles. The van der Waals surface area contributed by atoms with E-state index in [2.05, 4.69) is 10.1 Å². The van der Waals surface area contributed by atoms with Crippen molar-refractivity contribution in [2.75, 3.05) is 0 Å². The molecule has 15 heavy (non-hydrogen) atoms. The molecular formula is C9H8FN3O2. The van der Waals surface area contributed by atoms with Crippen LogP contribution in [-0.2, 0) is 11.2 Å². The minimum absolute atomic E-state index is 0.0570. The number of fused-ring (bicyclic) bond motifs is 1. The molecule has 0 aliphatic rings. The van der Waals surface area contributed by atoms with Gasteiger partial charge in [-0.1, -0.05) is 0 Å². The lowest BCUT2D eigenvalue weighted by molar-refractivity contribution is -0.137. The number of aliphatic carboxylic acids is 1. The molecule has 2 heterocycles. The van der Waals surface area contributed by atoms with Crippen molar-refractivity contribution in [2.24, 2.45) is 0 Å². The van der Waals surface area contributed by atoms with E-state index in [9.17, 15) is 9.18 Å². The van der Waals surface area contributed by atoms with Crippen LogP contribution in [0.1, 0.15) is 12.2 Å². The minimum atomic E-state index is -0.922. The molecule has 0 radical (unpaired) electrons. The number of hydrogen-bond donors (Lipinski definition) is 1. The molecule has 0 saturated heterocycles. The van der Waals surface area contributed by atoms with E-state index in [4.69, 9.17) is 5.11 Å². The Labute approximate surface area is 84.2 Å². The second-order valence-electron chi connectivity index (χ2n) is 3.05. The van der Waals surface area contributed by atoms with Crippen molar-refractivity contribution in [1.82, 2.24) is 14.6 Å². The number of carboxylic acids is 1. The zero-order chi connectivity index (χ0) is 10.8. The Hall–Kier alpha value is -1.98. The third kappa shape index (κ3) is 1.93. The van der Waals surface area contributed by atoms with Gasteiger partial charge in [0.1, 0.15) is 0 Å². The van der Waals surface area contributed by atoms with Gasteiger partial charge in [0.25, 0.3) is 0 Å². The maximum absolute atomic E-state index is 13.2. The quantitative estimate of drug-likeness (QED) is 0.814. The first kappa shape index (κ1) is 9.57. The molecule has 0 atom stereocenters. The highest BCUT2D eigenvalue weighted by atomic mass is 19.1. The number of aryl methyl sites for hydroxylation is 1. The predicted octanol–water partition coefficient (Wildman–Crippen LogP) is 0.886. The van der Waals surface area contributed by atoms with Crippen molar-refractivity contribution >= 4 is 11.6 Å². The Balaban J connectivity index is 2.31. The monoisotopic (exact) mass is 209 g/mol. The van der Waals surface area contributed by atoms with Gasteiger partial charge >= 0.3 is 5.97 Å². The predicted molar refractivity (Wildman–Crippen MR) is 48.9 cm³/mol. The molecule has 1 N–H and O–H groups in total. The van der Waals surface area contributed by atoms with Crippen molar-refractivity contribution in [3.63, 3.8) is 0 Å². The molecule has 0 aliphatic heterocycles. The third-order valence-electron chi connectivity index (χ3n) is 1.92. The average molecular weight is 209 g/mol. The first-order valence-electron chi connectivity index (χ1n) is 4.38. The van der Waals surface area contributed by atoms with E-state index in [-0.39, 0.29) is 18.5 Å². The maximum atomic E-state index is 13.2. The standard InChI is InChI=1S/C9H8FN3O2/c10-6-2-1-5-13-9(6)11-7(12-13)3-4-8(14)15/h1-2,5H,3-4H2,(H,14,15). The van der Waals surface area contributed by atoms with Crippen molar-refractivity contribution in [3.05, 3.63) is 30.0 Å². The Morgan fingerprint density at radius 3 is 3.07 bits per heavy atom.